The van der Waals surface area contributed by atoms with Crippen LogP contribution in [0.5, 0.6) is 0 Å². The van der Waals surface area contributed by atoms with E-state index >= 15 is 0 Å². The molecule has 1 heteroatoms. The van der Waals surface area contributed by atoms with E-state index in [-0.39, 0.29) is 0 Å². The Balaban J connectivity index is 3.12. The first kappa shape index (κ1) is 11.7. The molecule has 0 saturated heterocycles. The highest BCUT2D eigenvalue weighted by atomic mass is 14.7. The second-order valence-corrected chi connectivity index (χ2v) is 3.64. The lowest BCUT2D eigenvalue weighted by atomic mass is 10.1. The van der Waals surface area contributed by atoms with Gasteiger partial charge >= 0.3 is 0 Å². The Labute approximate surface area is 92.6 Å². The number of nitrogens with zero attached hydrogens (tertiary/aromatic N) is 1. The molecule has 1 aromatic rings. The first-order valence-corrected chi connectivity index (χ1v) is 5.50. The highest BCUT2D eigenvalue weighted by Gasteiger charge is 1.99. The first-order chi connectivity index (χ1) is 7.21. The van der Waals surface area contributed by atoms with Gasteiger partial charge < -0.3 is 0 Å². The van der Waals surface area contributed by atoms with Crippen LogP contribution < -0.4 is 0 Å². The minimum absolute atomic E-state index is 0.930. The third-order valence-corrected chi connectivity index (χ3v) is 2.54. The Morgan fingerprint density at radius 3 is 2.67 bits per heavy atom. The van der Waals surface area contributed by atoms with E-state index in [4.69, 9.17) is 0 Å². The third kappa shape index (κ3) is 3.05. The highest BCUT2D eigenvalue weighted by Crippen LogP contribution is 2.21. The topological polar surface area (TPSA) is 12.4 Å². The fourth-order valence-corrected chi connectivity index (χ4v) is 1.42. The molecule has 0 amide bonds. The lowest BCUT2D eigenvalue weighted by Gasteiger charge is -2.04. The Morgan fingerprint density at radius 2 is 2.13 bits per heavy atom. The molecule has 0 aromatic heterocycles. The standard InChI is InChI=1S/C14H19N/c1-5-12-9-8-11(4)14(10-12)15-13(6-2)7-3/h6,8-10H,2,5,7H2,1,3-4H3. The average Bonchev–Trinajstić information content (AvgIpc) is 2.28. The number of hydrogen-bond acceptors (Lipinski definition) is 1. The second kappa shape index (κ2) is 5.50. The fourth-order valence-electron chi connectivity index (χ4n) is 1.42. The van der Waals surface area contributed by atoms with Crippen LogP contribution in [0.4, 0.5) is 5.69 Å². The third-order valence-electron chi connectivity index (χ3n) is 2.54. The summed E-state index contributed by atoms with van der Waals surface area (Å²) in [5.41, 5.74) is 4.68. The molecule has 0 atom stereocenters. The molecule has 0 unspecified atom stereocenters. The van der Waals surface area contributed by atoms with Crippen molar-refractivity contribution < 1.29 is 0 Å². The predicted molar refractivity (Wildman–Crippen MR) is 68.1 cm³/mol. The van der Waals surface area contributed by atoms with E-state index in [0.29, 0.717) is 0 Å². The molecular weight excluding hydrogens is 182 g/mol. The van der Waals surface area contributed by atoms with Crippen molar-refractivity contribution in [2.24, 2.45) is 4.99 Å². The number of hydrogen-bond donors (Lipinski definition) is 0. The van der Waals surface area contributed by atoms with Crippen molar-refractivity contribution in [1.82, 2.24) is 0 Å². The van der Waals surface area contributed by atoms with E-state index in [0.717, 1.165) is 24.2 Å². The van der Waals surface area contributed by atoms with Crippen LogP contribution >= 0.6 is 0 Å². The van der Waals surface area contributed by atoms with Gasteiger partial charge in [-0.05, 0) is 43.0 Å². The minimum Gasteiger partial charge on any atom is -0.253 e. The zero-order valence-corrected chi connectivity index (χ0v) is 9.88. The van der Waals surface area contributed by atoms with Gasteiger partial charge in [0.15, 0.2) is 0 Å². The van der Waals surface area contributed by atoms with Crippen molar-refractivity contribution in [3.05, 3.63) is 42.0 Å². The zero-order valence-electron chi connectivity index (χ0n) is 9.88. The molecule has 0 bridgehead atoms. The first-order valence-electron chi connectivity index (χ1n) is 5.50. The van der Waals surface area contributed by atoms with Crippen molar-refractivity contribution >= 4 is 11.4 Å². The largest absolute Gasteiger partial charge is 0.253 e. The number of aryl methyl sites for hydroxylation is 2. The smallest absolute Gasteiger partial charge is 0.0664 e. The van der Waals surface area contributed by atoms with E-state index in [2.05, 4.69) is 50.5 Å². The van der Waals surface area contributed by atoms with Crippen LogP contribution in [0.25, 0.3) is 0 Å². The molecule has 0 radical (unpaired) electrons. The van der Waals surface area contributed by atoms with Crippen LogP contribution in [-0.4, -0.2) is 5.71 Å². The Kier molecular flexibility index (Phi) is 4.29. The van der Waals surface area contributed by atoms with Gasteiger partial charge in [0.2, 0.25) is 0 Å². The Hall–Kier alpha value is -1.37. The van der Waals surface area contributed by atoms with Gasteiger partial charge in [0, 0.05) is 5.71 Å². The van der Waals surface area contributed by atoms with Gasteiger partial charge in [-0.3, -0.25) is 4.99 Å². The van der Waals surface area contributed by atoms with Gasteiger partial charge in [0.05, 0.1) is 5.69 Å². The van der Waals surface area contributed by atoms with E-state index in [9.17, 15) is 0 Å². The monoisotopic (exact) mass is 201 g/mol. The van der Waals surface area contributed by atoms with Crippen LogP contribution in [0.1, 0.15) is 31.4 Å². The summed E-state index contributed by atoms with van der Waals surface area (Å²) >= 11 is 0. The Bertz CT molecular complexity index is 375. The van der Waals surface area contributed by atoms with Crippen molar-refractivity contribution in [1.29, 1.82) is 0 Å². The van der Waals surface area contributed by atoms with E-state index in [1.165, 1.54) is 11.1 Å². The highest BCUT2D eigenvalue weighted by molar-refractivity contribution is 5.96. The van der Waals surface area contributed by atoms with Gasteiger partial charge in [-0.15, -0.1) is 0 Å². The van der Waals surface area contributed by atoms with E-state index in [1.54, 1.807) is 0 Å². The minimum atomic E-state index is 0.930. The molecule has 0 spiro atoms. The van der Waals surface area contributed by atoms with Gasteiger partial charge in [-0.2, -0.15) is 0 Å². The molecule has 0 saturated carbocycles. The van der Waals surface area contributed by atoms with Gasteiger partial charge in [-0.1, -0.05) is 32.6 Å². The van der Waals surface area contributed by atoms with E-state index in [1.807, 2.05) is 6.08 Å². The van der Waals surface area contributed by atoms with Crippen molar-refractivity contribution in [2.45, 2.75) is 33.6 Å². The maximum atomic E-state index is 4.60. The molecule has 0 heterocycles. The summed E-state index contributed by atoms with van der Waals surface area (Å²) in [5.74, 6) is 0. The summed E-state index contributed by atoms with van der Waals surface area (Å²) in [7, 11) is 0. The SMILES string of the molecule is C=CC(CC)=Nc1cc(CC)ccc1C. The molecular formula is C14H19N. The zero-order chi connectivity index (χ0) is 11.3. The van der Waals surface area contributed by atoms with Crippen LogP contribution in [0.2, 0.25) is 0 Å². The van der Waals surface area contributed by atoms with Gasteiger partial charge in [0.1, 0.15) is 0 Å². The van der Waals surface area contributed by atoms with Crippen LogP contribution in [0, 0.1) is 6.92 Å². The van der Waals surface area contributed by atoms with Crippen molar-refractivity contribution in [3.63, 3.8) is 0 Å². The molecule has 0 aliphatic carbocycles. The Morgan fingerprint density at radius 1 is 1.40 bits per heavy atom. The van der Waals surface area contributed by atoms with Crippen molar-refractivity contribution in [2.75, 3.05) is 0 Å². The predicted octanol–water partition coefficient (Wildman–Crippen LogP) is 4.23. The molecule has 15 heavy (non-hydrogen) atoms. The normalized spacial score (nSPS) is 11.5. The molecule has 1 nitrogen and oxygen atoms in total. The summed E-state index contributed by atoms with van der Waals surface area (Å²) in [6.07, 6.45) is 3.82. The van der Waals surface area contributed by atoms with Crippen LogP contribution in [0.3, 0.4) is 0 Å². The number of rotatable bonds is 4. The van der Waals surface area contributed by atoms with Crippen LogP contribution in [0.15, 0.2) is 35.8 Å². The van der Waals surface area contributed by atoms with E-state index < -0.39 is 0 Å². The quantitative estimate of drug-likeness (QED) is 0.646. The summed E-state index contributed by atoms with van der Waals surface area (Å²) in [5, 5.41) is 0. The van der Waals surface area contributed by atoms with Crippen LogP contribution in [-0.2, 0) is 6.42 Å². The van der Waals surface area contributed by atoms with Gasteiger partial charge in [0.25, 0.3) is 0 Å². The summed E-state index contributed by atoms with van der Waals surface area (Å²) < 4.78 is 0. The maximum Gasteiger partial charge on any atom is 0.0664 e. The summed E-state index contributed by atoms with van der Waals surface area (Å²) in [4.78, 5) is 4.60. The van der Waals surface area contributed by atoms with Gasteiger partial charge in [-0.25, -0.2) is 0 Å². The molecule has 1 rings (SSSR count). The maximum absolute atomic E-state index is 4.60. The molecule has 1 aromatic carbocycles. The summed E-state index contributed by atoms with van der Waals surface area (Å²) in [6, 6.07) is 6.45. The summed E-state index contributed by atoms with van der Waals surface area (Å²) in [6.45, 7) is 10.1. The molecule has 0 aliphatic rings. The number of aliphatic imine (C=N–C) groups is 1. The number of benzene rings is 1. The number of allylic oxidation sites excluding steroid dienone is 1. The second-order valence-electron chi connectivity index (χ2n) is 3.64. The molecule has 0 N–H and O–H groups in total. The lowest BCUT2D eigenvalue weighted by Crippen LogP contribution is -1.90. The molecule has 0 aliphatic heterocycles. The average molecular weight is 201 g/mol. The van der Waals surface area contributed by atoms with Crippen molar-refractivity contribution in [3.8, 4) is 0 Å². The molecule has 0 fully saturated rings. The lowest BCUT2D eigenvalue weighted by molar-refractivity contribution is 1.13. The molecule has 80 valence electrons. The fraction of sp³-hybridized carbons (Fsp3) is 0.357.